The van der Waals surface area contributed by atoms with Gasteiger partial charge in [0.15, 0.2) is 0 Å². The summed E-state index contributed by atoms with van der Waals surface area (Å²) in [5.41, 5.74) is 6.80. The number of H-pyrrole nitrogens is 1. The van der Waals surface area contributed by atoms with Crippen LogP contribution in [0.4, 0.5) is 4.79 Å². The van der Waals surface area contributed by atoms with Crippen molar-refractivity contribution in [1.82, 2.24) is 15.3 Å². The van der Waals surface area contributed by atoms with E-state index < -0.39 is 6.09 Å². The topological polar surface area (TPSA) is 67.0 Å². The number of nitrogens with one attached hydrogen (secondary N) is 2. The fourth-order valence-electron chi connectivity index (χ4n) is 4.28. The predicted molar refractivity (Wildman–Crippen MR) is 117 cm³/mol. The molecule has 5 nitrogen and oxygen atoms in total. The molecule has 0 spiro atoms. The van der Waals surface area contributed by atoms with Gasteiger partial charge >= 0.3 is 6.09 Å². The van der Waals surface area contributed by atoms with Gasteiger partial charge < -0.3 is 15.0 Å². The standard InChI is InChI=1S/C25H23N3O2/c1-16(14-24-27-22-12-6-7-13-23(22)28-24)26-25(29)30-15-21-19-10-4-2-8-17(19)18-9-3-5-11-20(18)21/h2-13,16,21H,14-15H2,1H3,(H,26,29)(H,27,28)/t16-/m1/s1. The number of alkyl carbamates (subject to hydrolysis) is 1. The smallest absolute Gasteiger partial charge is 0.407 e. The van der Waals surface area contributed by atoms with Gasteiger partial charge in [-0.05, 0) is 41.3 Å². The summed E-state index contributed by atoms with van der Waals surface area (Å²) in [7, 11) is 0. The van der Waals surface area contributed by atoms with E-state index in [9.17, 15) is 4.79 Å². The van der Waals surface area contributed by atoms with Crippen molar-refractivity contribution >= 4 is 17.1 Å². The van der Waals surface area contributed by atoms with E-state index in [1.807, 2.05) is 55.5 Å². The molecule has 0 unspecified atom stereocenters. The van der Waals surface area contributed by atoms with Gasteiger partial charge in [-0.15, -0.1) is 0 Å². The quantitative estimate of drug-likeness (QED) is 0.496. The van der Waals surface area contributed by atoms with Crippen molar-refractivity contribution in [2.45, 2.75) is 25.3 Å². The largest absolute Gasteiger partial charge is 0.449 e. The summed E-state index contributed by atoms with van der Waals surface area (Å²) < 4.78 is 5.63. The van der Waals surface area contributed by atoms with Crippen LogP contribution in [0.3, 0.4) is 0 Å². The first-order valence-corrected chi connectivity index (χ1v) is 10.2. The average Bonchev–Trinajstić information content (AvgIpc) is 3.30. The molecule has 5 rings (SSSR count). The van der Waals surface area contributed by atoms with Gasteiger partial charge in [0.25, 0.3) is 0 Å². The second-order valence-corrected chi connectivity index (χ2v) is 7.78. The Morgan fingerprint density at radius 3 is 2.33 bits per heavy atom. The Kier molecular flexibility index (Phi) is 4.71. The van der Waals surface area contributed by atoms with Gasteiger partial charge in [0, 0.05) is 18.4 Å². The number of amides is 1. The number of aromatic amines is 1. The highest BCUT2D eigenvalue weighted by Crippen LogP contribution is 2.44. The zero-order valence-corrected chi connectivity index (χ0v) is 16.8. The van der Waals surface area contributed by atoms with Crippen LogP contribution in [0, 0.1) is 0 Å². The third-order valence-electron chi connectivity index (χ3n) is 5.65. The molecule has 0 radical (unpaired) electrons. The predicted octanol–water partition coefficient (Wildman–Crippen LogP) is 5.03. The van der Waals surface area contributed by atoms with Crippen molar-refractivity contribution in [3.63, 3.8) is 0 Å². The minimum atomic E-state index is -0.402. The number of nitrogens with zero attached hydrogens (tertiary/aromatic N) is 1. The number of benzene rings is 3. The van der Waals surface area contributed by atoms with Crippen molar-refractivity contribution in [3.05, 3.63) is 89.7 Å². The summed E-state index contributed by atoms with van der Waals surface area (Å²) in [6.07, 6.45) is 0.208. The van der Waals surface area contributed by atoms with Crippen molar-refractivity contribution < 1.29 is 9.53 Å². The number of carbonyl (C=O) groups excluding carboxylic acids is 1. The van der Waals surface area contributed by atoms with Gasteiger partial charge in [-0.1, -0.05) is 60.7 Å². The number of para-hydroxylation sites is 2. The van der Waals surface area contributed by atoms with Gasteiger partial charge in [0.2, 0.25) is 0 Å². The van der Waals surface area contributed by atoms with Crippen LogP contribution in [0.25, 0.3) is 22.2 Å². The van der Waals surface area contributed by atoms with Crippen LogP contribution in [0.15, 0.2) is 72.8 Å². The monoisotopic (exact) mass is 397 g/mol. The molecule has 5 heteroatoms. The molecular weight excluding hydrogens is 374 g/mol. The van der Waals surface area contributed by atoms with E-state index in [-0.39, 0.29) is 12.0 Å². The van der Waals surface area contributed by atoms with Crippen LogP contribution >= 0.6 is 0 Å². The van der Waals surface area contributed by atoms with Gasteiger partial charge in [-0.3, -0.25) is 0 Å². The summed E-state index contributed by atoms with van der Waals surface area (Å²) in [5.74, 6) is 0.913. The number of hydrogen-bond donors (Lipinski definition) is 2. The highest BCUT2D eigenvalue weighted by molar-refractivity contribution is 5.79. The molecule has 1 atom stereocenters. The van der Waals surface area contributed by atoms with E-state index in [0.717, 1.165) is 16.9 Å². The second kappa shape index (κ2) is 7.67. The fraction of sp³-hybridized carbons (Fsp3) is 0.200. The lowest BCUT2D eigenvalue weighted by molar-refractivity contribution is 0.139. The minimum Gasteiger partial charge on any atom is -0.449 e. The average molecular weight is 397 g/mol. The molecule has 0 bridgehead atoms. The Morgan fingerprint density at radius 1 is 1.00 bits per heavy atom. The Balaban J connectivity index is 1.22. The molecule has 150 valence electrons. The first-order valence-electron chi connectivity index (χ1n) is 10.2. The number of ether oxygens (including phenoxy) is 1. The van der Waals surface area contributed by atoms with Crippen molar-refractivity contribution in [1.29, 1.82) is 0 Å². The lowest BCUT2D eigenvalue weighted by Gasteiger charge is -2.16. The number of rotatable bonds is 5. The van der Waals surface area contributed by atoms with Gasteiger partial charge in [0.05, 0.1) is 11.0 Å². The van der Waals surface area contributed by atoms with Crippen LogP contribution < -0.4 is 5.32 Å². The summed E-state index contributed by atoms with van der Waals surface area (Å²) in [4.78, 5) is 20.3. The summed E-state index contributed by atoms with van der Waals surface area (Å²) >= 11 is 0. The Bertz CT molecular complexity index is 1140. The molecule has 1 aliphatic carbocycles. The van der Waals surface area contributed by atoms with Crippen molar-refractivity contribution in [3.8, 4) is 11.1 Å². The molecule has 30 heavy (non-hydrogen) atoms. The zero-order chi connectivity index (χ0) is 20.5. The first kappa shape index (κ1) is 18.4. The number of imidazole rings is 1. The second-order valence-electron chi connectivity index (χ2n) is 7.78. The third-order valence-corrected chi connectivity index (χ3v) is 5.65. The van der Waals surface area contributed by atoms with E-state index >= 15 is 0 Å². The molecule has 2 N–H and O–H groups in total. The number of aromatic nitrogens is 2. The first-order chi connectivity index (χ1) is 14.7. The SMILES string of the molecule is C[C@H](Cc1nc2ccccc2[nH]1)NC(=O)OCC1c2ccccc2-c2ccccc21. The normalized spacial score (nSPS) is 13.6. The molecule has 1 amide bonds. The van der Waals surface area contributed by atoms with Crippen LogP contribution in [0.5, 0.6) is 0 Å². The summed E-state index contributed by atoms with van der Waals surface area (Å²) in [5, 5.41) is 2.92. The van der Waals surface area contributed by atoms with Gasteiger partial charge in [0.1, 0.15) is 12.4 Å². The summed E-state index contributed by atoms with van der Waals surface area (Å²) in [6.45, 7) is 2.27. The van der Waals surface area contributed by atoms with Crippen LogP contribution in [-0.4, -0.2) is 28.7 Å². The maximum Gasteiger partial charge on any atom is 0.407 e. The molecule has 3 aromatic carbocycles. The molecule has 0 saturated heterocycles. The maximum atomic E-state index is 12.4. The molecule has 0 saturated carbocycles. The van der Waals surface area contributed by atoms with E-state index in [0.29, 0.717) is 13.0 Å². The molecule has 1 aromatic heterocycles. The number of carbonyl (C=O) groups is 1. The van der Waals surface area contributed by atoms with E-state index in [1.165, 1.54) is 22.3 Å². The Hall–Kier alpha value is -3.60. The van der Waals surface area contributed by atoms with Crippen LogP contribution in [-0.2, 0) is 11.2 Å². The van der Waals surface area contributed by atoms with E-state index in [1.54, 1.807) is 0 Å². The molecule has 4 aromatic rings. The van der Waals surface area contributed by atoms with Crippen LogP contribution in [0.2, 0.25) is 0 Å². The zero-order valence-electron chi connectivity index (χ0n) is 16.8. The summed E-state index contributed by atoms with van der Waals surface area (Å²) in [6, 6.07) is 24.5. The van der Waals surface area contributed by atoms with Crippen LogP contribution in [0.1, 0.15) is 29.8 Å². The fourth-order valence-corrected chi connectivity index (χ4v) is 4.28. The van der Waals surface area contributed by atoms with E-state index in [2.05, 4.69) is 39.6 Å². The van der Waals surface area contributed by atoms with E-state index in [4.69, 9.17) is 4.74 Å². The molecule has 1 heterocycles. The van der Waals surface area contributed by atoms with Crippen molar-refractivity contribution in [2.75, 3.05) is 6.61 Å². The van der Waals surface area contributed by atoms with Gasteiger partial charge in [-0.2, -0.15) is 0 Å². The molecule has 0 fully saturated rings. The maximum absolute atomic E-state index is 12.4. The number of fused-ring (bicyclic) bond motifs is 4. The lowest BCUT2D eigenvalue weighted by atomic mass is 9.98. The Labute approximate surface area is 175 Å². The highest BCUT2D eigenvalue weighted by atomic mass is 16.5. The third kappa shape index (κ3) is 3.43. The molecular formula is C25H23N3O2. The minimum absolute atomic E-state index is 0.0637. The Morgan fingerprint density at radius 2 is 1.63 bits per heavy atom. The van der Waals surface area contributed by atoms with Crippen molar-refractivity contribution in [2.24, 2.45) is 0 Å². The van der Waals surface area contributed by atoms with Gasteiger partial charge in [-0.25, -0.2) is 9.78 Å². The highest BCUT2D eigenvalue weighted by Gasteiger charge is 2.29. The molecule has 0 aliphatic heterocycles. The number of hydrogen-bond acceptors (Lipinski definition) is 3. The lowest BCUT2D eigenvalue weighted by Crippen LogP contribution is -2.35. The molecule has 1 aliphatic rings.